The van der Waals surface area contributed by atoms with Gasteiger partial charge >= 0.3 is 13.1 Å². The average Bonchev–Trinajstić information content (AvgIpc) is 2.44. The summed E-state index contributed by atoms with van der Waals surface area (Å²) in [6, 6.07) is 0. The lowest BCUT2D eigenvalue weighted by atomic mass is 9.66. The Kier molecular flexibility index (Phi) is 7.27. The molecular formula is C13H26BN3O5. The van der Waals surface area contributed by atoms with Crippen LogP contribution in [0.15, 0.2) is 0 Å². The topological polar surface area (TPSA) is 145 Å². The minimum atomic E-state index is -1.39. The number of carbonyl (C=O) groups is 2. The van der Waals surface area contributed by atoms with Crippen molar-refractivity contribution in [2.45, 2.75) is 37.5 Å². The van der Waals surface area contributed by atoms with Crippen LogP contribution in [0.5, 0.6) is 0 Å². The smallest absolute Gasteiger partial charge is 0.451 e. The summed E-state index contributed by atoms with van der Waals surface area (Å²) in [5, 5.41) is 32.8. The first-order valence-electron chi connectivity index (χ1n) is 7.59. The Morgan fingerprint density at radius 1 is 1.36 bits per heavy atom. The molecule has 0 saturated heterocycles. The first-order valence-corrected chi connectivity index (χ1v) is 7.59. The van der Waals surface area contributed by atoms with Gasteiger partial charge in [-0.05, 0) is 38.5 Å². The Labute approximate surface area is 130 Å². The van der Waals surface area contributed by atoms with Crippen molar-refractivity contribution in [3.8, 4) is 0 Å². The Morgan fingerprint density at radius 2 is 2.05 bits per heavy atom. The maximum absolute atomic E-state index is 11.6. The average molecular weight is 315 g/mol. The maximum Gasteiger partial charge on any atom is 0.451 e. The summed E-state index contributed by atoms with van der Waals surface area (Å²) in [4.78, 5) is 23.1. The van der Waals surface area contributed by atoms with E-state index < -0.39 is 18.6 Å². The number of likely N-dealkylation sites (N-methyl/N-ethyl adjacent to an activating group) is 1. The van der Waals surface area contributed by atoms with E-state index in [0.717, 1.165) is 6.42 Å². The Balaban J connectivity index is 2.63. The van der Waals surface area contributed by atoms with Crippen LogP contribution in [0.3, 0.4) is 0 Å². The molecule has 0 radical (unpaired) electrons. The van der Waals surface area contributed by atoms with Crippen molar-refractivity contribution in [1.82, 2.24) is 10.6 Å². The number of rotatable bonds is 8. The van der Waals surface area contributed by atoms with Gasteiger partial charge in [0.15, 0.2) is 0 Å². The monoisotopic (exact) mass is 315 g/mol. The minimum absolute atomic E-state index is 0.0483. The van der Waals surface area contributed by atoms with Crippen LogP contribution in [0.4, 0.5) is 0 Å². The molecule has 0 unspecified atom stereocenters. The molecule has 3 atom stereocenters. The molecule has 7 N–H and O–H groups in total. The molecule has 8 nitrogen and oxygen atoms in total. The van der Waals surface area contributed by atoms with Crippen molar-refractivity contribution in [3.05, 3.63) is 0 Å². The number of carbonyl (C=O) groups excluding carboxylic acids is 1. The van der Waals surface area contributed by atoms with Crippen LogP contribution in [0.2, 0.25) is 6.32 Å². The zero-order valence-corrected chi connectivity index (χ0v) is 12.9. The van der Waals surface area contributed by atoms with Crippen LogP contribution in [-0.4, -0.2) is 59.8 Å². The quantitative estimate of drug-likeness (QED) is 0.295. The number of carboxylic acid groups (broad SMARTS) is 1. The fourth-order valence-electron chi connectivity index (χ4n) is 3.08. The molecule has 126 valence electrons. The Morgan fingerprint density at radius 3 is 2.59 bits per heavy atom. The fourth-order valence-corrected chi connectivity index (χ4v) is 3.08. The van der Waals surface area contributed by atoms with Crippen LogP contribution in [0, 0.1) is 11.8 Å². The molecule has 0 heterocycles. The summed E-state index contributed by atoms with van der Waals surface area (Å²) < 4.78 is 0. The maximum atomic E-state index is 11.6. The summed E-state index contributed by atoms with van der Waals surface area (Å²) in [6.45, 7) is 0.410. The molecule has 0 aliphatic heterocycles. The standard InChI is InChI=1S/C13H26BN3O5/c1-16-8-11(18)17-7-10-3-2-9(4-5-14(21)22)6-13(10,15)12(19)20/h9-10,16,21-22H,2-8,15H2,1H3,(H,17,18)(H,19,20)/t9-,10-,13+/m0/s1. The molecule has 0 aromatic carbocycles. The molecule has 1 rings (SSSR count). The molecule has 1 aliphatic carbocycles. The number of nitrogens with one attached hydrogen (secondary N) is 2. The van der Waals surface area contributed by atoms with Gasteiger partial charge in [-0.15, -0.1) is 0 Å². The van der Waals surface area contributed by atoms with Gasteiger partial charge in [0.05, 0.1) is 6.54 Å². The SMILES string of the molecule is CNCC(=O)NC[C@@H]1CC[C@@H](CCB(O)O)C[C@]1(N)C(=O)O. The predicted octanol–water partition coefficient (Wildman–Crippen LogP) is -1.62. The third-order valence-electron chi connectivity index (χ3n) is 4.39. The van der Waals surface area contributed by atoms with E-state index in [9.17, 15) is 14.7 Å². The van der Waals surface area contributed by atoms with E-state index in [2.05, 4.69) is 10.6 Å². The molecule has 9 heteroatoms. The van der Waals surface area contributed by atoms with E-state index in [4.69, 9.17) is 15.8 Å². The summed E-state index contributed by atoms with van der Waals surface area (Å²) in [5.41, 5.74) is 4.72. The molecule has 0 bridgehead atoms. The zero-order valence-electron chi connectivity index (χ0n) is 12.9. The van der Waals surface area contributed by atoms with Crippen molar-refractivity contribution in [2.24, 2.45) is 17.6 Å². The van der Waals surface area contributed by atoms with Gasteiger partial charge in [0.1, 0.15) is 5.54 Å². The van der Waals surface area contributed by atoms with Crippen LogP contribution >= 0.6 is 0 Å². The van der Waals surface area contributed by atoms with Crippen molar-refractivity contribution in [1.29, 1.82) is 0 Å². The number of hydrogen-bond acceptors (Lipinski definition) is 6. The van der Waals surface area contributed by atoms with E-state index in [1.54, 1.807) is 7.05 Å². The summed E-state index contributed by atoms with van der Waals surface area (Å²) in [6.07, 6.45) is 2.38. The first kappa shape index (κ1) is 18.9. The Bertz CT molecular complexity index is 396. The van der Waals surface area contributed by atoms with E-state index >= 15 is 0 Å². The molecule has 1 saturated carbocycles. The number of hydrogen-bond donors (Lipinski definition) is 6. The molecule has 0 aromatic rings. The van der Waals surface area contributed by atoms with Crippen molar-refractivity contribution >= 4 is 19.0 Å². The second kappa shape index (κ2) is 8.47. The third-order valence-corrected chi connectivity index (χ3v) is 4.39. The van der Waals surface area contributed by atoms with Crippen LogP contribution in [-0.2, 0) is 9.59 Å². The number of amides is 1. The zero-order chi connectivity index (χ0) is 16.8. The van der Waals surface area contributed by atoms with Crippen molar-refractivity contribution < 1.29 is 24.7 Å². The van der Waals surface area contributed by atoms with Gasteiger partial charge < -0.3 is 31.5 Å². The van der Waals surface area contributed by atoms with Crippen LogP contribution in [0.1, 0.15) is 25.7 Å². The highest BCUT2D eigenvalue weighted by molar-refractivity contribution is 6.40. The van der Waals surface area contributed by atoms with Gasteiger partial charge in [-0.2, -0.15) is 0 Å². The molecule has 0 aromatic heterocycles. The lowest BCUT2D eigenvalue weighted by Gasteiger charge is -2.41. The molecule has 1 amide bonds. The minimum Gasteiger partial charge on any atom is -0.480 e. The third kappa shape index (κ3) is 5.24. The lowest BCUT2D eigenvalue weighted by Crippen LogP contribution is -2.60. The van der Waals surface area contributed by atoms with Crippen LogP contribution in [0.25, 0.3) is 0 Å². The van der Waals surface area contributed by atoms with Gasteiger partial charge in [0, 0.05) is 12.5 Å². The predicted molar refractivity (Wildman–Crippen MR) is 81.9 cm³/mol. The highest BCUT2D eigenvalue weighted by atomic mass is 16.4. The molecule has 1 fully saturated rings. The number of carboxylic acids is 1. The molecule has 22 heavy (non-hydrogen) atoms. The van der Waals surface area contributed by atoms with E-state index in [1.807, 2.05) is 0 Å². The molecule has 1 aliphatic rings. The lowest BCUT2D eigenvalue weighted by molar-refractivity contribution is -0.148. The van der Waals surface area contributed by atoms with Crippen molar-refractivity contribution in [3.63, 3.8) is 0 Å². The number of aliphatic carboxylic acids is 1. The summed E-state index contributed by atoms with van der Waals surface area (Å²) in [7, 11) is 0.278. The fraction of sp³-hybridized carbons (Fsp3) is 0.846. The van der Waals surface area contributed by atoms with Gasteiger partial charge in [-0.25, -0.2) is 0 Å². The highest BCUT2D eigenvalue weighted by Crippen LogP contribution is 2.37. The van der Waals surface area contributed by atoms with Gasteiger partial charge in [-0.1, -0.05) is 6.42 Å². The van der Waals surface area contributed by atoms with Crippen molar-refractivity contribution in [2.75, 3.05) is 20.1 Å². The van der Waals surface area contributed by atoms with E-state index in [1.165, 1.54) is 0 Å². The van der Waals surface area contributed by atoms with E-state index in [0.29, 0.717) is 12.8 Å². The van der Waals surface area contributed by atoms with E-state index in [-0.39, 0.29) is 43.6 Å². The van der Waals surface area contributed by atoms with Crippen LogP contribution < -0.4 is 16.4 Å². The molecule has 0 spiro atoms. The summed E-state index contributed by atoms with van der Waals surface area (Å²) in [5.74, 6) is -1.55. The Hall–Kier alpha value is -1.16. The largest absolute Gasteiger partial charge is 0.480 e. The molecular weight excluding hydrogens is 289 g/mol. The van der Waals surface area contributed by atoms with Gasteiger partial charge in [-0.3, -0.25) is 9.59 Å². The van der Waals surface area contributed by atoms with Gasteiger partial charge in [0.2, 0.25) is 5.91 Å². The second-order valence-electron chi connectivity index (χ2n) is 6.08. The second-order valence-corrected chi connectivity index (χ2v) is 6.08. The summed E-state index contributed by atoms with van der Waals surface area (Å²) >= 11 is 0. The number of nitrogens with two attached hydrogens (primary N) is 1. The normalized spacial score (nSPS) is 28.2. The van der Waals surface area contributed by atoms with Gasteiger partial charge in [0.25, 0.3) is 0 Å². The highest BCUT2D eigenvalue weighted by Gasteiger charge is 2.46. The first-order chi connectivity index (χ1) is 10.3.